The Morgan fingerprint density at radius 2 is 2.00 bits per heavy atom. The molecule has 1 N–H and O–H groups in total. The smallest absolute Gasteiger partial charge is 0.289 e. The zero-order chi connectivity index (χ0) is 15.2. The van der Waals surface area contributed by atoms with Gasteiger partial charge in [0, 0.05) is 19.2 Å². The number of sulfonamides is 1. The summed E-state index contributed by atoms with van der Waals surface area (Å²) in [7, 11) is -3.88. The molecule has 0 unspecified atom stereocenters. The van der Waals surface area contributed by atoms with Crippen molar-refractivity contribution in [3.63, 3.8) is 0 Å². The highest BCUT2D eigenvalue weighted by molar-refractivity contribution is 7.89. The van der Waals surface area contributed by atoms with Gasteiger partial charge in [-0.15, -0.1) is 0 Å². The Labute approximate surface area is 118 Å². The average Bonchev–Trinajstić information content (AvgIpc) is 2.37. The molecule has 0 atom stereocenters. The van der Waals surface area contributed by atoms with Crippen LogP contribution in [0.1, 0.15) is 20.3 Å². The second-order valence-electron chi connectivity index (χ2n) is 4.40. The van der Waals surface area contributed by atoms with Gasteiger partial charge in [-0.25, -0.2) is 13.1 Å². The zero-order valence-corrected chi connectivity index (χ0v) is 12.2. The van der Waals surface area contributed by atoms with Crippen molar-refractivity contribution in [2.45, 2.75) is 31.3 Å². The molecule has 20 heavy (non-hydrogen) atoms. The number of nitro benzene ring substituents is 1. The van der Waals surface area contributed by atoms with E-state index in [4.69, 9.17) is 4.74 Å². The third kappa shape index (κ3) is 4.87. The monoisotopic (exact) mass is 302 g/mol. The summed E-state index contributed by atoms with van der Waals surface area (Å²) >= 11 is 0. The lowest BCUT2D eigenvalue weighted by molar-refractivity contribution is -0.387. The van der Waals surface area contributed by atoms with Crippen molar-refractivity contribution in [1.29, 1.82) is 0 Å². The van der Waals surface area contributed by atoms with Crippen molar-refractivity contribution in [1.82, 2.24) is 4.72 Å². The fourth-order valence-corrected chi connectivity index (χ4v) is 2.75. The standard InChI is InChI=1S/C12H18N2O5S/c1-10(2)19-9-5-8-13-20(17,18)12-7-4-3-6-11(12)14(15)16/h3-4,6-7,10,13H,5,8-9H2,1-2H3. The molecule has 0 aliphatic carbocycles. The molecular formula is C12H18N2O5S. The van der Waals surface area contributed by atoms with Gasteiger partial charge in [0.2, 0.25) is 10.0 Å². The Hall–Kier alpha value is -1.51. The van der Waals surface area contributed by atoms with Gasteiger partial charge in [0.05, 0.1) is 11.0 Å². The van der Waals surface area contributed by atoms with E-state index in [-0.39, 0.29) is 17.5 Å². The Balaban J connectivity index is 2.68. The van der Waals surface area contributed by atoms with Crippen LogP contribution in [0.15, 0.2) is 29.2 Å². The fourth-order valence-electron chi connectivity index (χ4n) is 1.51. The minimum absolute atomic E-state index is 0.0850. The molecule has 0 amide bonds. The second-order valence-corrected chi connectivity index (χ2v) is 6.13. The lowest BCUT2D eigenvalue weighted by Crippen LogP contribution is -2.26. The Bertz CT molecular complexity index is 557. The highest BCUT2D eigenvalue weighted by atomic mass is 32.2. The van der Waals surface area contributed by atoms with E-state index in [2.05, 4.69) is 4.72 Å². The van der Waals surface area contributed by atoms with Gasteiger partial charge in [-0.2, -0.15) is 0 Å². The van der Waals surface area contributed by atoms with E-state index in [1.54, 1.807) is 0 Å². The molecule has 1 aromatic rings. The van der Waals surface area contributed by atoms with Gasteiger partial charge in [0.15, 0.2) is 4.90 Å². The molecule has 0 bridgehead atoms. The first kappa shape index (κ1) is 16.5. The Morgan fingerprint density at radius 1 is 1.35 bits per heavy atom. The van der Waals surface area contributed by atoms with Crippen molar-refractivity contribution in [3.8, 4) is 0 Å². The lowest BCUT2D eigenvalue weighted by Gasteiger charge is -2.09. The Kier molecular flexibility index (Phi) is 6.05. The van der Waals surface area contributed by atoms with Crippen molar-refractivity contribution in [2.24, 2.45) is 0 Å². The van der Waals surface area contributed by atoms with Crippen LogP contribution in [0.2, 0.25) is 0 Å². The third-order valence-electron chi connectivity index (χ3n) is 2.42. The Morgan fingerprint density at radius 3 is 2.60 bits per heavy atom. The first-order valence-electron chi connectivity index (χ1n) is 6.19. The van der Waals surface area contributed by atoms with Gasteiger partial charge in [-0.05, 0) is 26.3 Å². The molecule has 0 aliphatic rings. The van der Waals surface area contributed by atoms with Crippen LogP contribution in [0.3, 0.4) is 0 Å². The fraction of sp³-hybridized carbons (Fsp3) is 0.500. The van der Waals surface area contributed by atoms with Gasteiger partial charge in [0.1, 0.15) is 0 Å². The van der Waals surface area contributed by atoms with Gasteiger partial charge in [0.25, 0.3) is 5.69 Å². The normalized spacial score (nSPS) is 11.8. The van der Waals surface area contributed by atoms with Crippen LogP contribution in [0.5, 0.6) is 0 Å². The van der Waals surface area contributed by atoms with Crippen LogP contribution in [0.25, 0.3) is 0 Å². The summed E-state index contributed by atoms with van der Waals surface area (Å²) in [5.74, 6) is 0. The first-order valence-corrected chi connectivity index (χ1v) is 7.67. The third-order valence-corrected chi connectivity index (χ3v) is 3.92. The molecule has 0 heterocycles. The maximum absolute atomic E-state index is 12.0. The minimum Gasteiger partial charge on any atom is -0.379 e. The number of rotatable bonds is 8. The van der Waals surface area contributed by atoms with E-state index in [1.807, 2.05) is 13.8 Å². The van der Waals surface area contributed by atoms with E-state index in [0.717, 1.165) is 6.07 Å². The highest BCUT2D eigenvalue weighted by Gasteiger charge is 2.24. The SMILES string of the molecule is CC(C)OCCCNS(=O)(=O)c1ccccc1[N+](=O)[O-]. The van der Waals surface area contributed by atoms with Gasteiger partial charge in [-0.1, -0.05) is 12.1 Å². The molecule has 1 rings (SSSR count). The average molecular weight is 302 g/mol. The number of hydrogen-bond donors (Lipinski definition) is 1. The number of nitrogens with one attached hydrogen (secondary N) is 1. The molecule has 1 aromatic carbocycles. The molecule has 0 radical (unpaired) electrons. The summed E-state index contributed by atoms with van der Waals surface area (Å²) < 4.78 is 31.6. The van der Waals surface area contributed by atoms with Crippen molar-refractivity contribution >= 4 is 15.7 Å². The van der Waals surface area contributed by atoms with E-state index in [0.29, 0.717) is 13.0 Å². The number of benzene rings is 1. The second kappa shape index (κ2) is 7.32. The molecule has 0 aliphatic heterocycles. The van der Waals surface area contributed by atoms with Crippen molar-refractivity contribution < 1.29 is 18.1 Å². The van der Waals surface area contributed by atoms with Crippen LogP contribution in [0, 0.1) is 10.1 Å². The molecule has 0 fully saturated rings. The minimum atomic E-state index is -3.88. The number of nitro groups is 1. The number of ether oxygens (including phenoxy) is 1. The lowest BCUT2D eigenvalue weighted by atomic mass is 10.3. The number of para-hydroxylation sites is 1. The van der Waals surface area contributed by atoms with Crippen LogP contribution in [-0.4, -0.2) is 32.6 Å². The van der Waals surface area contributed by atoms with E-state index in [1.165, 1.54) is 18.2 Å². The summed E-state index contributed by atoms with van der Waals surface area (Å²) in [6.45, 7) is 4.37. The summed E-state index contributed by atoms with van der Waals surface area (Å²) in [6.07, 6.45) is 0.583. The number of nitrogens with zero attached hydrogens (tertiary/aromatic N) is 1. The molecule has 0 spiro atoms. The molecule has 7 nitrogen and oxygen atoms in total. The molecule has 112 valence electrons. The van der Waals surface area contributed by atoms with E-state index in [9.17, 15) is 18.5 Å². The van der Waals surface area contributed by atoms with Gasteiger partial charge in [-0.3, -0.25) is 10.1 Å². The topological polar surface area (TPSA) is 98.5 Å². The van der Waals surface area contributed by atoms with Gasteiger partial charge < -0.3 is 4.74 Å². The molecule has 8 heteroatoms. The summed E-state index contributed by atoms with van der Waals surface area (Å²) in [5.41, 5.74) is -0.432. The highest BCUT2D eigenvalue weighted by Crippen LogP contribution is 2.22. The van der Waals surface area contributed by atoms with Crippen LogP contribution in [-0.2, 0) is 14.8 Å². The molecular weight excluding hydrogens is 284 g/mol. The molecule has 0 saturated heterocycles. The van der Waals surface area contributed by atoms with Crippen molar-refractivity contribution in [2.75, 3.05) is 13.2 Å². The predicted molar refractivity (Wildman–Crippen MR) is 74.0 cm³/mol. The van der Waals surface area contributed by atoms with Crippen LogP contribution in [0.4, 0.5) is 5.69 Å². The zero-order valence-electron chi connectivity index (χ0n) is 11.4. The largest absolute Gasteiger partial charge is 0.379 e. The maximum Gasteiger partial charge on any atom is 0.289 e. The molecule has 0 saturated carbocycles. The van der Waals surface area contributed by atoms with E-state index >= 15 is 0 Å². The predicted octanol–water partition coefficient (Wildman–Crippen LogP) is 1.69. The summed E-state index contributed by atoms with van der Waals surface area (Å²) in [5, 5.41) is 10.8. The number of hydrogen-bond acceptors (Lipinski definition) is 5. The van der Waals surface area contributed by atoms with E-state index < -0.39 is 20.6 Å². The summed E-state index contributed by atoms with van der Waals surface area (Å²) in [6, 6.07) is 5.25. The maximum atomic E-state index is 12.0. The summed E-state index contributed by atoms with van der Waals surface area (Å²) in [4.78, 5) is 9.78. The van der Waals surface area contributed by atoms with Crippen LogP contribution < -0.4 is 4.72 Å². The first-order chi connectivity index (χ1) is 9.34. The van der Waals surface area contributed by atoms with Crippen LogP contribution >= 0.6 is 0 Å². The molecule has 0 aromatic heterocycles. The quantitative estimate of drug-likeness (QED) is 0.447. The van der Waals surface area contributed by atoms with Gasteiger partial charge >= 0.3 is 0 Å². The van der Waals surface area contributed by atoms with Crippen molar-refractivity contribution in [3.05, 3.63) is 34.4 Å².